The second-order valence-corrected chi connectivity index (χ2v) is 10.4. The van der Waals surface area contributed by atoms with Gasteiger partial charge in [-0.05, 0) is 56.0 Å². The van der Waals surface area contributed by atoms with Gasteiger partial charge in [0.1, 0.15) is 10.6 Å². The van der Waals surface area contributed by atoms with E-state index in [1.807, 2.05) is 6.07 Å². The summed E-state index contributed by atoms with van der Waals surface area (Å²) < 4.78 is 7.04. The normalized spacial score (nSPS) is 13.6. The van der Waals surface area contributed by atoms with Gasteiger partial charge in [-0.15, -0.1) is 11.3 Å². The lowest BCUT2D eigenvalue weighted by atomic mass is 10.2. The highest BCUT2D eigenvalue weighted by atomic mass is 32.2. The maximum atomic E-state index is 13.5. The monoisotopic (exact) mass is 494 g/mol. The van der Waals surface area contributed by atoms with Crippen molar-refractivity contribution < 1.29 is 14.0 Å². The first-order chi connectivity index (χ1) is 16.5. The smallest absolute Gasteiger partial charge is 0.269 e. The summed E-state index contributed by atoms with van der Waals surface area (Å²) in [7, 11) is 0. The van der Waals surface area contributed by atoms with Crippen LogP contribution in [0.1, 0.15) is 39.9 Å². The zero-order chi connectivity index (χ0) is 23.7. The average molecular weight is 495 g/mol. The number of thioether (sulfide) groups is 1. The van der Waals surface area contributed by atoms with Gasteiger partial charge in [-0.3, -0.25) is 29.8 Å². The molecule has 3 aromatic heterocycles. The van der Waals surface area contributed by atoms with Crippen molar-refractivity contribution in [2.75, 3.05) is 0 Å². The molecule has 0 spiro atoms. The number of furan rings is 1. The molecule has 2 amide bonds. The Bertz CT molecular complexity index is 1410. The minimum Gasteiger partial charge on any atom is -0.467 e. The summed E-state index contributed by atoms with van der Waals surface area (Å²) in [5.74, 6) is -0.181. The van der Waals surface area contributed by atoms with Crippen LogP contribution in [0.3, 0.4) is 0 Å². The van der Waals surface area contributed by atoms with Crippen LogP contribution >= 0.6 is 23.1 Å². The molecule has 3 heterocycles. The Kier molecular flexibility index (Phi) is 6.25. The molecule has 0 aliphatic heterocycles. The van der Waals surface area contributed by atoms with E-state index in [2.05, 4.69) is 10.9 Å². The molecule has 0 unspecified atom stereocenters. The third kappa shape index (κ3) is 4.38. The van der Waals surface area contributed by atoms with Gasteiger partial charge in [0.05, 0.1) is 23.4 Å². The van der Waals surface area contributed by atoms with Gasteiger partial charge in [0.2, 0.25) is 0 Å². The van der Waals surface area contributed by atoms with Crippen LogP contribution in [0.2, 0.25) is 0 Å². The number of nitrogens with zero attached hydrogens (tertiary/aromatic N) is 2. The SMILES string of the molecule is C[C@H](Sc1nc2sc3c(c2c(=O)n1Cc1ccco1)CCC3)C(=O)NNC(=O)c1ccccc1. The molecule has 8 nitrogen and oxygen atoms in total. The minimum atomic E-state index is -0.616. The lowest BCUT2D eigenvalue weighted by Crippen LogP contribution is -2.45. The Morgan fingerprint density at radius 1 is 1.18 bits per heavy atom. The largest absolute Gasteiger partial charge is 0.467 e. The van der Waals surface area contributed by atoms with Crippen molar-refractivity contribution in [3.63, 3.8) is 0 Å². The molecule has 0 saturated carbocycles. The highest BCUT2D eigenvalue weighted by Crippen LogP contribution is 2.36. The zero-order valence-electron chi connectivity index (χ0n) is 18.4. The number of aromatic nitrogens is 2. The molecule has 0 fully saturated rings. The van der Waals surface area contributed by atoms with E-state index < -0.39 is 17.1 Å². The van der Waals surface area contributed by atoms with Crippen molar-refractivity contribution in [3.8, 4) is 0 Å². The van der Waals surface area contributed by atoms with Crippen LogP contribution in [0, 0.1) is 0 Å². The highest BCUT2D eigenvalue weighted by molar-refractivity contribution is 8.00. The molecule has 10 heteroatoms. The number of hydrazine groups is 1. The topological polar surface area (TPSA) is 106 Å². The van der Waals surface area contributed by atoms with Crippen LogP contribution in [-0.2, 0) is 24.2 Å². The molecule has 1 atom stereocenters. The van der Waals surface area contributed by atoms with Crippen LogP contribution < -0.4 is 16.4 Å². The van der Waals surface area contributed by atoms with Crippen LogP contribution in [0.4, 0.5) is 0 Å². The summed E-state index contributed by atoms with van der Waals surface area (Å²) in [6, 6.07) is 12.2. The van der Waals surface area contributed by atoms with Crippen LogP contribution in [0.15, 0.2) is 63.1 Å². The molecule has 0 bridgehead atoms. The van der Waals surface area contributed by atoms with E-state index in [1.54, 1.807) is 65.5 Å². The maximum Gasteiger partial charge on any atom is 0.269 e. The average Bonchev–Trinajstić information content (AvgIpc) is 3.58. The van der Waals surface area contributed by atoms with Gasteiger partial charge in [-0.2, -0.15) is 0 Å². The van der Waals surface area contributed by atoms with Gasteiger partial charge in [-0.25, -0.2) is 4.98 Å². The third-order valence-electron chi connectivity index (χ3n) is 5.67. The molecular weight excluding hydrogens is 472 g/mol. The quantitative estimate of drug-likeness (QED) is 0.241. The van der Waals surface area contributed by atoms with Crippen molar-refractivity contribution in [2.45, 2.75) is 43.1 Å². The number of amides is 2. The summed E-state index contributed by atoms with van der Waals surface area (Å²) >= 11 is 2.73. The van der Waals surface area contributed by atoms with E-state index in [4.69, 9.17) is 9.40 Å². The van der Waals surface area contributed by atoms with Gasteiger partial charge in [0.15, 0.2) is 5.16 Å². The number of hydrogen-bond acceptors (Lipinski definition) is 7. The van der Waals surface area contributed by atoms with Crippen molar-refractivity contribution >= 4 is 45.1 Å². The van der Waals surface area contributed by atoms with Crippen LogP contribution in [-0.4, -0.2) is 26.6 Å². The number of fused-ring (bicyclic) bond motifs is 3. The standard InChI is InChI=1S/C24H22N4O4S2/c1-14(20(29)26-27-21(30)15-7-3-2-4-8-15)33-24-25-22-19(17-10-5-11-18(17)34-22)23(31)28(24)13-16-9-6-12-32-16/h2-4,6-9,12,14H,5,10-11,13H2,1H3,(H,26,29)(H,27,30)/t14-/m0/s1. The predicted molar refractivity (Wildman–Crippen MR) is 131 cm³/mol. The van der Waals surface area contributed by atoms with Gasteiger partial charge in [-0.1, -0.05) is 30.0 Å². The Morgan fingerprint density at radius 3 is 2.76 bits per heavy atom. The number of thiophene rings is 1. The molecule has 4 aromatic rings. The van der Waals surface area contributed by atoms with Crippen molar-refractivity contribution in [1.82, 2.24) is 20.4 Å². The van der Waals surface area contributed by atoms with Gasteiger partial charge in [0.25, 0.3) is 17.4 Å². The number of aryl methyl sites for hydroxylation is 2. The molecule has 0 saturated heterocycles. The van der Waals surface area contributed by atoms with Gasteiger partial charge >= 0.3 is 0 Å². The fourth-order valence-electron chi connectivity index (χ4n) is 3.94. The fourth-order valence-corrected chi connectivity index (χ4v) is 6.15. The Labute approximate surface area is 203 Å². The number of nitrogens with one attached hydrogen (secondary N) is 2. The summed E-state index contributed by atoms with van der Waals surface area (Å²) in [4.78, 5) is 45.2. The summed E-state index contributed by atoms with van der Waals surface area (Å²) in [5, 5.41) is 0.501. The third-order valence-corrected chi connectivity index (χ3v) is 7.95. The number of rotatable bonds is 6. The van der Waals surface area contributed by atoms with Crippen molar-refractivity contribution in [2.24, 2.45) is 0 Å². The van der Waals surface area contributed by atoms with Gasteiger partial charge in [0, 0.05) is 10.4 Å². The summed E-state index contributed by atoms with van der Waals surface area (Å²) in [6.07, 6.45) is 4.47. The Morgan fingerprint density at radius 2 is 2.00 bits per heavy atom. The molecule has 174 valence electrons. The summed E-state index contributed by atoms with van der Waals surface area (Å²) in [5.41, 5.74) is 6.32. The van der Waals surface area contributed by atoms with E-state index in [0.717, 1.165) is 24.8 Å². The van der Waals surface area contributed by atoms with E-state index in [1.165, 1.54) is 16.6 Å². The Balaban J connectivity index is 1.39. The highest BCUT2D eigenvalue weighted by Gasteiger charge is 2.25. The van der Waals surface area contributed by atoms with Crippen molar-refractivity contribution in [3.05, 3.63) is 80.8 Å². The maximum absolute atomic E-state index is 13.5. The second kappa shape index (κ2) is 9.47. The molecule has 0 radical (unpaired) electrons. The molecule has 34 heavy (non-hydrogen) atoms. The number of benzene rings is 1. The number of hydrogen-bond donors (Lipinski definition) is 2. The summed E-state index contributed by atoms with van der Waals surface area (Å²) in [6.45, 7) is 1.93. The van der Waals surface area contributed by atoms with Gasteiger partial charge < -0.3 is 4.42 Å². The Hall–Kier alpha value is -3.37. The molecule has 1 aliphatic carbocycles. The zero-order valence-corrected chi connectivity index (χ0v) is 20.0. The van der Waals surface area contributed by atoms with Crippen molar-refractivity contribution in [1.29, 1.82) is 0 Å². The predicted octanol–water partition coefficient (Wildman–Crippen LogP) is 3.53. The fraction of sp³-hybridized carbons (Fsp3) is 0.250. The molecule has 2 N–H and O–H groups in total. The first kappa shape index (κ1) is 22.4. The van der Waals surface area contributed by atoms with E-state index in [-0.39, 0.29) is 12.1 Å². The lowest BCUT2D eigenvalue weighted by Gasteiger charge is -2.15. The van der Waals surface area contributed by atoms with E-state index >= 15 is 0 Å². The minimum absolute atomic E-state index is 0.117. The molecule has 5 rings (SSSR count). The van der Waals surface area contributed by atoms with Crippen LogP contribution in [0.5, 0.6) is 0 Å². The van der Waals surface area contributed by atoms with E-state index in [0.29, 0.717) is 26.7 Å². The molecule has 1 aromatic carbocycles. The number of carbonyl (C=O) groups excluding carboxylic acids is 2. The first-order valence-corrected chi connectivity index (χ1v) is 12.6. The van der Waals surface area contributed by atoms with E-state index in [9.17, 15) is 14.4 Å². The molecule has 1 aliphatic rings. The second-order valence-electron chi connectivity index (χ2n) is 7.97. The first-order valence-electron chi connectivity index (χ1n) is 10.9. The number of carbonyl (C=O) groups is 2. The van der Waals surface area contributed by atoms with Crippen LogP contribution in [0.25, 0.3) is 10.2 Å². The molecular formula is C24H22N4O4S2. The lowest BCUT2D eigenvalue weighted by molar-refractivity contribution is -0.121.